The molecule has 0 unspecified atom stereocenters. The first kappa shape index (κ1) is 17.1. The lowest BCUT2D eigenvalue weighted by Gasteiger charge is -2.26. The summed E-state index contributed by atoms with van der Waals surface area (Å²) in [6, 6.07) is 4.47. The molecule has 1 aromatic carbocycles. The normalized spacial score (nSPS) is 15.9. The van der Waals surface area contributed by atoms with Crippen molar-refractivity contribution >= 4 is 35.1 Å². The molecule has 0 bridgehead atoms. The summed E-state index contributed by atoms with van der Waals surface area (Å²) >= 11 is 11.0. The quantitative estimate of drug-likeness (QED) is 0.483. The van der Waals surface area contributed by atoms with Crippen molar-refractivity contribution in [3.05, 3.63) is 34.6 Å². The van der Waals surface area contributed by atoms with Gasteiger partial charge in [0.05, 0.1) is 24.5 Å². The van der Waals surface area contributed by atoms with Crippen LogP contribution in [0.15, 0.2) is 23.3 Å². The first-order chi connectivity index (χ1) is 10.7. The summed E-state index contributed by atoms with van der Waals surface area (Å²) in [6.45, 7) is 5.01. The second-order valence-corrected chi connectivity index (χ2v) is 5.53. The molecule has 120 valence electrons. The van der Waals surface area contributed by atoms with Crippen LogP contribution in [0, 0.1) is 5.82 Å². The van der Waals surface area contributed by atoms with Gasteiger partial charge in [-0.2, -0.15) is 5.10 Å². The maximum atomic E-state index is 13.5. The lowest BCUT2D eigenvalue weighted by molar-refractivity contribution is 0.0389. The van der Waals surface area contributed by atoms with Crippen molar-refractivity contribution < 1.29 is 9.13 Å². The van der Waals surface area contributed by atoms with E-state index >= 15 is 0 Å². The smallest absolute Gasteiger partial charge is 0.187 e. The maximum absolute atomic E-state index is 13.5. The predicted molar refractivity (Wildman–Crippen MR) is 90.0 cm³/mol. The van der Waals surface area contributed by atoms with Gasteiger partial charge in [-0.3, -0.25) is 10.3 Å². The molecule has 0 saturated carbocycles. The Morgan fingerprint density at radius 2 is 2.23 bits per heavy atom. The van der Waals surface area contributed by atoms with Gasteiger partial charge in [0.15, 0.2) is 5.11 Å². The zero-order valence-electron chi connectivity index (χ0n) is 12.0. The Kier molecular flexibility index (Phi) is 6.98. The molecule has 0 radical (unpaired) electrons. The fourth-order valence-corrected chi connectivity index (χ4v) is 2.35. The van der Waals surface area contributed by atoms with Gasteiger partial charge in [-0.1, -0.05) is 17.7 Å². The highest BCUT2D eigenvalue weighted by atomic mass is 35.5. The molecule has 0 spiro atoms. The third-order valence-corrected chi connectivity index (χ3v) is 3.74. The second kappa shape index (κ2) is 8.99. The van der Waals surface area contributed by atoms with Crippen molar-refractivity contribution in [1.82, 2.24) is 15.6 Å². The molecule has 2 rings (SSSR count). The fourth-order valence-electron chi connectivity index (χ4n) is 1.98. The van der Waals surface area contributed by atoms with Crippen molar-refractivity contribution in [3.8, 4) is 0 Å². The van der Waals surface area contributed by atoms with Gasteiger partial charge < -0.3 is 10.1 Å². The summed E-state index contributed by atoms with van der Waals surface area (Å²) in [5.41, 5.74) is 2.87. The maximum Gasteiger partial charge on any atom is 0.187 e. The number of benzene rings is 1. The summed E-state index contributed by atoms with van der Waals surface area (Å²) in [4.78, 5) is 2.29. The van der Waals surface area contributed by atoms with Gasteiger partial charge >= 0.3 is 0 Å². The Balaban J connectivity index is 1.70. The first-order valence-electron chi connectivity index (χ1n) is 6.98. The molecule has 1 aromatic rings. The Morgan fingerprint density at radius 3 is 2.95 bits per heavy atom. The van der Waals surface area contributed by atoms with Crippen LogP contribution >= 0.6 is 23.8 Å². The number of morpholine rings is 1. The topological polar surface area (TPSA) is 48.9 Å². The summed E-state index contributed by atoms with van der Waals surface area (Å²) in [6.07, 6.45) is 1.31. The van der Waals surface area contributed by atoms with Gasteiger partial charge in [0.1, 0.15) is 5.82 Å². The van der Waals surface area contributed by atoms with E-state index < -0.39 is 5.82 Å². The van der Waals surface area contributed by atoms with E-state index in [2.05, 4.69) is 20.7 Å². The molecule has 0 aliphatic carbocycles. The van der Waals surface area contributed by atoms with Crippen molar-refractivity contribution in [1.29, 1.82) is 0 Å². The number of ether oxygens (including phenoxy) is 1. The number of hydrogen-bond acceptors (Lipinski definition) is 4. The Morgan fingerprint density at radius 1 is 1.45 bits per heavy atom. The standard InChI is InChI=1S/C14H18ClFN4OS/c15-12-2-1-3-13(16)11(12)10-18-19-14(22)17-4-5-20-6-8-21-9-7-20/h1-3,10H,4-9H2,(H2,17,19,22)/b18-10-. The molecule has 1 fully saturated rings. The summed E-state index contributed by atoms with van der Waals surface area (Å²) in [5, 5.41) is 7.62. The number of halogens is 2. The third-order valence-electron chi connectivity index (χ3n) is 3.18. The van der Waals surface area contributed by atoms with E-state index in [0.29, 0.717) is 16.7 Å². The van der Waals surface area contributed by atoms with Crippen LogP contribution < -0.4 is 10.7 Å². The molecule has 8 heteroatoms. The third kappa shape index (κ3) is 5.49. The van der Waals surface area contributed by atoms with E-state index in [1.807, 2.05) is 0 Å². The van der Waals surface area contributed by atoms with Crippen LogP contribution in [0.3, 0.4) is 0 Å². The second-order valence-electron chi connectivity index (χ2n) is 4.72. The number of rotatable bonds is 5. The molecule has 0 atom stereocenters. The largest absolute Gasteiger partial charge is 0.379 e. The summed E-state index contributed by atoms with van der Waals surface area (Å²) in [7, 11) is 0. The molecular formula is C14H18ClFN4OS. The number of nitrogens with one attached hydrogen (secondary N) is 2. The Bertz CT molecular complexity index is 517. The van der Waals surface area contributed by atoms with Gasteiger partial charge in [-0.15, -0.1) is 0 Å². The highest BCUT2D eigenvalue weighted by Gasteiger charge is 2.09. The number of hydrazone groups is 1. The molecule has 1 aliphatic heterocycles. The fraction of sp³-hybridized carbons (Fsp3) is 0.429. The number of nitrogens with zero attached hydrogens (tertiary/aromatic N) is 2. The molecular weight excluding hydrogens is 327 g/mol. The number of hydrogen-bond donors (Lipinski definition) is 2. The van der Waals surface area contributed by atoms with Crippen molar-refractivity contribution in [3.63, 3.8) is 0 Å². The lowest BCUT2D eigenvalue weighted by Crippen LogP contribution is -2.42. The van der Waals surface area contributed by atoms with Crippen molar-refractivity contribution in [2.75, 3.05) is 39.4 Å². The van der Waals surface area contributed by atoms with Gasteiger partial charge in [-0.25, -0.2) is 4.39 Å². The van der Waals surface area contributed by atoms with E-state index in [-0.39, 0.29) is 5.56 Å². The van der Waals surface area contributed by atoms with Gasteiger partial charge in [0, 0.05) is 31.7 Å². The minimum atomic E-state index is -0.427. The van der Waals surface area contributed by atoms with Crippen LogP contribution in [0.2, 0.25) is 5.02 Å². The Hall–Kier alpha value is -1.28. The molecule has 1 saturated heterocycles. The highest BCUT2D eigenvalue weighted by Crippen LogP contribution is 2.16. The molecule has 22 heavy (non-hydrogen) atoms. The average Bonchev–Trinajstić information content (AvgIpc) is 2.51. The van der Waals surface area contributed by atoms with Crippen LogP contribution in [0.1, 0.15) is 5.56 Å². The highest BCUT2D eigenvalue weighted by molar-refractivity contribution is 7.80. The zero-order valence-corrected chi connectivity index (χ0v) is 13.6. The number of thiocarbonyl (C=S) groups is 1. The van der Waals surface area contributed by atoms with Gasteiger partial charge in [0.25, 0.3) is 0 Å². The molecule has 5 nitrogen and oxygen atoms in total. The molecule has 2 N–H and O–H groups in total. The molecule has 0 amide bonds. The van der Waals surface area contributed by atoms with Gasteiger partial charge in [-0.05, 0) is 24.4 Å². The van der Waals surface area contributed by atoms with E-state index in [4.69, 9.17) is 28.6 Å². The van der Waals surface area contributed by atoms with Crippen LogP contribution in [0.5, 0.6) is 0 Å². The van der Waals surface area contributed by atoms with E-state index in [1.165, 1.54) is 12.3 Å². The monoisotopic (exact) mass is 344 g/mol. The van der Waals surface area contributed by atoms with Crippen LogP contribution in [0.4, 0.5) is 4.39 Å². The molecule has 1 aliphatic rings. The van der Waals surface area contributed by atoms with Crippen molar-refractivity contribution in [2.24, 2.45) is 5.10 Å². The summed E-state index contributed by atoms with van der Waals surface area (Å²) < 4.78 is 18.8. The predicted octanol–water partition coefficient (Wildman–Crippen LogP) is 1.61. The van der Waals surface area contributed by atoms with Crippen LogP contribution in [-0.4, -0.2) is 55.6 Å². The van der Waals surface area contributed by atoms with E-state index in [0.717, 1.165) is 32.8 Å². The minimum absolute atomic E-state index is 0.229. The Labute approximate surface area is 139 Å². The lowest BCUT2D eigenvalue weighted by atomic mass is 10.2. The SMILES string of the molecule is Fc1cccc(Cl)c1/C=N\NC(=S)NCCN1CCOCC1. The van der Waals surface area contributed by atoms with Crippen LogP contribution in [0.25, 0.3) is 0 Å². The van der Waals surface area contributed by atoms with E-state index in [1.54, 1.807) is 12.1 Å². The van der Waals surface area contributed by atoms with Gasteiger partial charge in [0.2, 0.25) is 0 Å². The zero-order chi connectivity index (χ0) is 15.8. The molecule has 1 heterocycles. The van der Waals surface area contributed by atoms with Crippen LogP contribution in [-0.2, 0) is 4.74 Å². The minimum Gasteiger partial charge on any atom is -0.379 e. The first-order valence-corrected chi connectivity index (χ1v) is 7.76. The molecule has 0 aromatic heterocycles. The van der Waals surface area contributed by atoms with E-state index in [9.17, 15) is 4.39 Å². The average molecular weight is 345 g/mol. The van der Waals surface area contributed by atoms with Crippen molar-refractivity contribution in [2.45, 2.75) is 0 Å². The summed E-state index contributed by atoms with van der Waals surface area (Å²) in [5.74, 6) is -0.427.